The number of carbonyl (C=O) groups is 2. The highest BCUT2D eigenvalue weighted by Crippen LogP contribution is 2.56. The molecule has 0 amide bonds. The second kappa shape index (κ2) is 32.1. The molecule has 0 aliphatic heterocycles. The summed E-state index contributed by atoms with van der Waals surface area (Å²) in [6, 6.07) is 23.5. The topological polar surface area (TPSA) is 165 Å². The fraction of sp³-hybridized carbons (Fsp3) is 0.463. The highest BCUT2D eigenvalue weighted by molar-refractivity contribution is 7.34. The Morgan fingerprint density at radius 2 is 0.784 bits per heavy atom. The Bertz CT molecular complexity index is 4590. The maximum atomic E-state index is 14.8. The van der Waals surface area contributed by atoms with Crippen molar-refractivity contribution in [1.82, 2.24) is 17.9 Å². The first-order chi connectivity index (χ1) is 47.6. The van der Waals surface area contributed by atoms with Gasteiger partial charge in [-0.25, -0.2) is 0 Å². The molecule has 7 aromatic heterocycles. The molecule has 15 heteroatoms. The molecule has 0 fully saturated rings. The lowest BCUT2D eigenvalue weighted by Gasteiger charge is -2.20. The Morgan fingerprint density at radius 1 is 0.433 bits per heavy atom. The summed E-state index contributed by atoms with van der Waals surface area (Å²) in [7, 11) is 0. The Labute approximate surface area is 592 Å². The minimum absolute atomic E-state index is 0.0505. The van der Waals surface area contributed by atoms with E-state index in [4.69, 9.17) is 8.75 Å². The first-order valence-electron chi connectivity index (χ1n) is 36.5. The number of hydrogen-bond donors (Lipinski definition) is 0. The number of hydrogen-bond acceptors (Lipinski definition) is 13. The van der Waals surface area contributed by atoms with Gasteiger partial charge in [-0.15, -0.1) is 45.3 Å². The van der Waals surface area contributed by atoms with E-state index in [0.717, 1.165) is 135 Å². The van der Waals surface area contributed by atoms with Crippen LogP contribution in [0.4, 0.5) is 0 Å². The summed E-state index contributed by atoms with van der Waals surface area (Å²) in [5.41, 5.74) is 13.1. The molecule has 0 saturated carbocycles. The Hall–Kier alpha value is -7.34. The van der Waals surface area contributed by atoms with Crippen LogP contribution in [0, 0.1) is 57.2 Å². The van der Waals surface area contributed by atoms with Gasteiger partial charge in [-0.1, -0.05) is 231 Å². The number of unbranched alkanes of at least 4 members (excludes halogenated alkanes) is 18. The number of Topliss-reactive ketones (excluding diaryl/α,β-unsaturated/α-hetero) is 2. The van der Waals surface area contributed by atoms with Crippen molar-refractivity contribution >= 4 is 164 Å². The first-order valence-corrected chi connectivity index (χ1v) is 40.5. The second-order valence-electron chi connectivity index (χ2n) is 27.2. The molecule has 2 unspecified atom stereocenters. The predicted octanol–water partition coefficient (Wildman–Crippen LogP) is 25.2. The van der Waals surface area contributed by atoms with Gasteiger partial charge in [-0.05, 0) is 84.8 Å². The standard InChI is InChI=1S/C82H90N8O2S5/c1-7-13-17-19-21-23-25-27-29-41-59-63(43-61-65(53(45-83)46-84)55-37-31-33-39-57(55)75(61)91)93-81-73-79(95-77(59)81)67-69-70(88-97-87-69)68-72(71(67)89(73)49-51(11-5)35-15-9-3)90(50-52(12-6)36-16-10-4)74-80(68)96-78-60(42-30-28-26-24-22-20-18-14-8-2)64(94-82(74)78)44-62-66(54(47-85)48-86)56-38-32-34-40-58(56)76(62)92/h31-34,37-40,43-44,51-52H,7-30,35-36,41-42,49-50H2,1-6H3. The molecule has 0 saturated heterocycles. The number of nitriles is 4. The van der Waals surface area contributed by atoms with E-state index in [1.54, 1.807) is 22.7 Å². The number of aromatic nitrogens is 4. The smallest absolute Gasteiger partial charge is 0.194 e. The van der Waals surface area contributed by atoms with E-state index in [0.29, 0.717) is 56.4 Å². The largest absolute Gasteiger partial charge is 0.337 e. The molecule has 0 radical (unpaired) electrons. The van der Waals surface area contributed by atoms with Crippen molar-refractivity contribution in [2.75, 3.05) is 0 Å². The Balaban J connectivity index is 1.13. The van der Waals surface area contributed by atoms with Crippen LogP contribution in [0.25, 0.3) is 95.4 Å². The molecule has 7 heterocycles. The van der Waals surface area contributed by atoms with Crippen LogP contribution < -0.4 is 0 Å². The van der Waals surface area contributed by atoms with Gasteiger partial charge in [0.1, 0.15) is 46.5 Å². The minimum Gasteiger partial charge on any atom is -0.337 e. The zero-order valence-corrected chi connectivity index (χ0v) is 61.7. The molecule has 2 aliphatic rings. The lowest BCUT2D eigenvalue weighted by atomic mass is 9.98. The Kier molecular flexibility index (Phi) is 23.0. The first kappa shape index (κ1) is 69.6. The average Bonchev–Trinajstić information content (AvgIpc) is 1.51. The third kappa shape index (κ3) is 13.4. The fourth-order valence-corrected chi connectivity index (χ4v) is 22.0. The lowest BCUT2D eigenvalue weighted by molar-refractivity contribution is 0.103. The van der Waals surface area contributed by atoms with Gasteiger partial charge in [0.05, 0.1) is 62.0 Å². The number of ketones is 2. The zero-order chi connectivity index (χ0) is 67.7. The maximum Gasteiger partial charge on any atom is 0.194 e. The minimum atomic E-state index is -0.156. The zero-order valence-electron chi connectivity index (χ0n) is 57.6. The SMILES string of the molecule is CCCCCCCCCCCc1c(C=C2C(=O)c3ccccc3C2=C(C#N)C#N)sc2c1sc1c3c4nsnc4c4c5sc6c(CCCCCCCCCCC)c(C=C7C(=O)c8ccccc8C7=C(C#N)C#N)sc6c5n(CC(CC)CCCC)c4c3n(CC(CC)CCCC)c21. The molecule has 0 bridgehead atoms. The molecular weight excluding hydrogens is 1290 g/mol. The maximum absolute atomic E-state index is 14.8. The van der Waals surface area contributed by atoms with Crippen molar-refractivity contribution in [2.24, 2.45) is 11.8 Å². The van der Waals surface area contributed by atoms with E-state index < -0.39 is 0 Å². The molecule has 97 heavy (non-hydrogen) atoms. The van der Waals surface area contributed by atoms with E-state index in [1.165, 1.54) is 163 Å². The second-order valence-corrected chi connectivity index (χ2v) is 31.9. The van der Waals surface area contributed by atoms with E-state index in [1.807, 2.05) is 83.4 Å². The Morgan fingerprint density at radius 3 is 1.13 bits per heavy atom. The van der Waals surface area contributed by atoms with Crippen LogP contribution in [0.5, 0.6) is 0 Å². The molecule has 0 N–H and O–H groups in total. The quantitative estimate of drug-likeness (QED) is 0.0218. The van der Waals surface area contributed by atoms with Crippen molar-refractivity contribution in [3.8, 4) is 24.3 Å². The molecule has 10 nitrogen and oxygen atoms in total. The monoisotopic (exact) mass is 1380 g/mol. The number of thiophene rings is 4. The van der Waals surface area contributed by atoms with E-state index in [9.17, 15) is 30.6 Å². The van der Waals surface area contributed by atoms with Gasteiger partial charge in [-0.3, -0.25) is 9.59 Å². The lowest BCUT2D eigenvalue weighted by Crippen LogP contribution is -2.13. The molecule has 2 aliphatic carbocycles. The number of benzene rings is 3. The molecule has 3 aromatic carbocycles. The predicted molar refractivity (Wildman–Crippen MR) is 412 cm³/mol. The summed E-state index contributed by atoms with van der Waals surface area (Å²) in [4.78, 5) is 31.6. The van der Waals surface area contributed by atoms with Crippen LogP contribution in [-0.4, -0.2) is 29.4 Å². The highest BCUT2D eigenvalue weighted by Gasteiger charge is 2.37. The summed E-state index contributed by atoms with van der Waals surface area (Å²) in [5.74, 6) is 0.467. The van der Waals surface area contributed by atoms with Crippen LogP contribution in [0.15, 0.2) is 70.8 Å². The van der Waals surface area contributed by atoms with Gasteiger partial charge in [0.2, 0.25) is 0 Å². The number of rotatable bonds is 34. The third-order valence-corrected chi connectivity index (χ3v) is 26.5. The number of nitrogens with zero attached hydrogens (tertiary/aromatic N) is 8. The number of allylic oxidation sites excluding steroid dienone is 6. The fourth-order valence-electron chi connectivity index (χ4n) is 15.6. The van der Waals surface area contributed by atoms with Crippen molar-refractivity contribution in [3.05, 3.63) is 114 Å². The van der Waals surface area contributed by atoms with Gasteiger partial charge in [0.25, 0.3) is 0 Å². The summed E-state index contributed by atoms with van der Waals surface area (Å²) >= 11 is 8.60. The molecule has 0 spiro atoms. The van der Waals surface area contributed by atoms with Crippen molar-refractivity contribution in [3.63, 3.8) is 0 Å². The van der Waals surface area contributed by atoms with Gasteiger partial charge < -0.3 is 9.13 Å². The summed E-state index contributed by atoms with van der Waals surface area (Å²) in [5, 5.41) is 44.3. The number of fused-ring (bicyclic) bond motifs is 16. The van der Waals surface area contributed by atoms with E-state index in [-0.39, 0.29) is 22.7 Å². The number of carbonyl (C=O) groups excluding carboxylic acids is 2. The normalized spacial score (nSPS) is 14.6. The average molecular weight is 1380 g/mol. The van der Waals surface area contributed by atoms with Crippen LogP contribution in [0.3, 0.4) is 0 Å². The van der Waals surface area contributed by atoms with Crippen molar-refractivity contribution in [2.45, 2.75) is 234 Å². The molecule has 12 rings (SSSR count). The van der Waals surface area contributed by atoms with Gasteiger partial charge >= 0.3 is 0 Å². The molecular formula is C82H90N8O2S5. The van der Waals surface area contributed by atoms with Crippen LogP contribution in [0.2, 0.25) is 0 Å². The van der Waals surface area contributed by atoms with Crippen molar-refractivity contribution in [1.29, 1.82) is 21.0 Å². The van der Waals surface area contributed by atoms with Crippen LogP contribution in [0.1, 0.15) is 261 Å². The van der Waals surface area contributed by atoms with Crippen molar-refractivity contribution < 1.29 is 9.59 Å². The molecule has 10 aromatic rings. The molecule has 500 valence electrons. The van der Waals surface area contributed by atoms with Crippen LogP contribution in [-0.2, 0) is 25.9 Å². The van der Waals surface area contributed by atoms with Gasteiger partial charge in [0, 0.05) is 67.0 Å². The highest BCUT2D eigenvalue weighted by atomic mass is 32.1. The summed E-state index contributed by atoms with van der Waals surface area (Å²) in [6.07, 6.45) is 36.3. The van der Waals surface area contributed by atoms with Gasteiger partial charge in [0.15, 0.2) is 11.6 Å². The van der Waals surface area contributed by atoms with E-state index >= 15 is 0 Å². The summed E-state index contributed by atoms with van der Waals surface area (Å²) < 4.78 is 23.6. The van der Waals surface area contributed by atoms with E-state index in [2.05, 4.69) is 75.0 Å². The summed E-state index contributed by atoms with van der Waals surface area (Å²) in [6.45, 7) is 15.5. The number of aryl methyl sites for hydroxylation is 2. The third-order valence-electron chi connectivity index (χ3n) is 20.9. The van der Waals surface area contributed by atoms with Crippen LogP contribution >= 0.6 is 57.1 Å². The van der Waals surface area contributed by atoms with Gasteiger partial charge in [-0.2, -0.15) is 29.8 Å². The molecule has 2 atom stereocenters.